The van der Waals surface area contributed by atoms with Gasteiger partial charge in [0.25, 0.3) is 0 Å². The Morgan fingerprint density at radius 2 is 2.11 bits per heavy atom. The molecule has 0 fully saturated rings. The third kappa shape index (κ3) is 2.40. The van der Waals surface area contributed by atoms with Gasteiger partial charge in [0.15, 0.2) is 0 Å². The molecule has 0 aliphatic carbocycles. The first-order valence-electron chi connectivity index (χ1n) is 5.99. The molecule has 0 radical (unpaired) electrons. The van der Waals surface area contributed by atoms with Crippen LogP contribution in [-0.4, -0.2) is 12.4 Å². The summed E-state index contributed by atoms with van der Waals surface area (Å²) in [6, 6.07) is 9.78. The van der Waals surface area contributed by atoms with Gasteiger partial charge in [-0.2, -0.15) is 0 Å². The SMILES string of the molecule is CC1C=NC=CC1/C(C=N)=C(/N)c1ccccc1.[HH]. The zero-order valence-corrected chi connectivity index (χ0v) is 10.4. The van der Waals surface area contributed by atoms with E-state index >= 15 is 0 Å². The number of nitrogens with two attached hydrogens (primary N) is 1. The summed E-state index contributed by atoms with van der Waals surface area (Å²) in [4.78, 5) is 4.11. The van der Waals surface area contributed by atoms with Crippen molar-refractivity contribution in [1.82, 2.24) is 0 Å². The molecule has 3 N–H and O–H groups in total. The fourth-order valence-corrected chi connectivity index (χ4v) is 2.12. The lowest BCUT2D eigenvalue weighted by Gasteiger charge is -2.22. The van der Waals surface area contributed by atoms with E-state index < -0.39 is 0 Å². The quantitative estimate of drug-likeness (QED) is 0.785. The van der Waals surface area contributed by atoms with E-state index in [1.54, 1.807) is 6.20 Å². The van der Waals surface area contributed by atoms with Crippen molar-refractivity contribution in [2.45, 2.75) is 6.92 Å². The molecular weight excluding hydrogens is 222 g/mol. The summed E-state index contributed by atoms with van der Waals surface area (Å²) in [6.45, 7) is 2.08. The zero-order valence-electron chi connectivity index (χ0n) is 10.4. The lowest BCUT2D eigenvalue weighted by Crippen LogP contribution is -2.19. The minimum Gasteiger partial charge on any atom is -0.398 e. The summed E-state index contributed by atoms with van der Waals surface area (Å²) >= 11 is 0. The normalized spacial score (nSPS) is 23.6. The maximum Gasteiger partial charge on any atom is 0.0441 e. The Hall–Kier alpha value is -2.16. The van der Waals surface area contributed by atoms with Crippen molar-refractivity contribution in [2.75, 3.05) is 0 Å². The van der Waals surface area contributed by atoms with Crippen molar-refractivity contribution in [3.63, 3.8) is 0 Å². The first-order valence-corrected chi connectivity index (χ1v) is 5.99. The van der Waals surface area contributed by atoms with Crippen molar-refractivity contribution < 1.29 is 1.43 Å². The summed E-state index contributed by atoms with van der Waals surface area (Å²) in [5.41, 5.74) is 8.66. The molecule has 0 spiro atoms. The average molecular weight is 241 g/mol. The van der Waals surface area contributed by atoms with Crippen LogP contribution in [0, 0.1) is 17.2 Å². The number of nitrogens with zero attached hydrogens (tertiary/aromatic N) is 1. The molecule has 2 rings (SSSR count). The van der Waals surface area contributed by atoms with Crippen LogP contribution in [0.1, 0.15) is 13.9 Å². The lowest BCUT2D eigenvalue weighted by molar-refractivity contribution is 0.637. The Labute approximate surface area is 109 Å². The molecule has 0 amide bonds. The molecule has 0 aromatic heterocycles. The number of rotatable bonds is 3. The molecule has 18 heavy (non-hydrogen) atoms. The van der Waals surface area contributed by atoms with Crippen molar-refractivity contribution >= 4 is 18.1 Å². The summed E-state index contributed by atoms with van der Waals surface area (Å²) in [6.07, 6.45) is 7.02. The first kappa shape index (κ1) is 12.3. The van der Waals surface area contributed by atoms with Crippen LogP contribution >= 0.6 is 0 Å². The predicted molar refractivity (Wildman–Crippen MR) is 78.7 cm³/mol. The molecule has 3 nitrogen and oxygen atoms in total. The second kappa shape index (κ2) is 5.45. The highest BCUT2D eigenvalue weighted by Crippen LogP contribution is 2.27. The molecule has 0 bridgehead atoms. The van der Waals surface area contributed by atoms with Crippen LogP contribution in [-0.2, 0) is 0 Å². The minimum atomic E-state index is 0. The van der Waals surface area contributed by atoms with Gasteiger partial charge in [-0.1, -0.05) is 43.3 Å². The van der Waals surface area contributed by atoms with Crippen LogP contribution in [0.3, 0.4) is 0 Å². The van der Waals surface area contributed by atoms with Crippen LogP contribution in [0.2, 0.25) is 0 Å². The zero-order chi connectivity index (χ0) is 13.0. The lowest BCUT2D eigenvalue weighted by atomic mass is 9.85. The second-order valence-corrected chi connectivity index (χ2v) is 4.40. The van der Waals surface area contributed by atoms with E-state index in [9.17, 15) is 0 Å². The summed E-state index contributed by atoms with van der Waals surface area (Å²) < 4.78 is 0. The molecule has 0 saturated heterocycles. The Morgan fingerprint density at radius 1 is 1.39 bits per heavy atom. The Bertz CT molecular complexity index is 517. The van der Waals surface area contributed by atoms with Crippen molar-refractivity contribution in [3.8, 4) is 0 Å². The number of aliphatic imine (C=N–C) groups is 1. The minimum absolute atomic E-state index is 0. The number of hydrogen-bond acceptors (Lipinski definition) is 3. The smallest absolute Gasteiger partial charge is 0.0441 e. The van der Waals surface area contributed by atoms with Crippen LogP contribution in [0.4, 0.5) is 0 Å². The van der Waals surface area contributed by atoms with Gasteiger partial charge in [-0.3, -0.25) is 4.99 Å². The van der Waals surface area contributed by atoms with Gasteiger partial charge in [-0.25, -0.2) is 0 Å². The van der Waals surface area contributed by atoms with Gasteiger partial charge in [0, 0.05) is 43.2 Å². The van der Waals surface area contributed by atoms with Crippen LogP contribution in [0.25, 0.3) is 5.70 Å². The van der Waals surface area contributed by atoms with Crippen molar-refractivity contribution in [1.29, 1.82) is 5.41 Å². The van der Waals surface area contributed by atoms with E-state index in [0.717, 1.165) is 11.1 Å². The molecule has 2 unspecified atom stereocenters. The maximum atomic E-state index is 7.62. The third-order valence-corrected chi connectivity index (χ3v) is 3.18. The molecule has 1 aromatic rings. The molecule has 0 saturated carbocycles. The molecule has 1 heterocycles. The van der Waals surface area contributed by atoms with Crippen LogP contribution < -0.4 is 5.73 Å². The van der Waals surface area contributed by atoms with E-state index in [-0.39, 0.29) is 13.3 Å². The Balaban J connectivity index is 0.00000180. The van der Waals surface area contributed by atoms with Gasteiger partial charge in [-0.15, -0.1) is 0 Å². The summed E-state index contributed by atoms with van der Waals surface area (Å²) in [7, 11) is 0. The van der Waals surface area contributed by atoms with Gasteiger partial charge in [0.05, 0.1) is 0 Å². The topological polar surface area (TPSA) is 62.2 Å². The highest BCUT2D eigenvalue weighted by Gasteiger charge is 2.21. The molecule has 1 aromatic carbocycles. The highest BCUT2D eigenvalue weighted by molar-refractivity contribution is 5.90. The number of nitrogens with one attached hydrogen (secondary N) is 1. The monoisotopic (exact) mass is 241 g/mol. The van der Waals surface area contributed by atoms with Gasteiger partial charge in [0.2, 0.25) is 0 Å². The summed E-state index contributed by atoms with van der Waals surface area (Å²) in [5.74, 6) is 0.383. The predicted octanol–water partition coefficient (Wildman–Crippen LogP) is 3.10. The van der Waals surface area contributed by atoms with Gasteiger partial charge in [0.1, 0.15) is 0 Å². The largest absolute Gasteiger partial charge is 0.398 e. The number of benzene rings is 1. The van der Waals surface area contributed by atoms with Gasteiger partial charge >= 0.3 is 0 Å². The van der Waals surface area contributed by atoms with Crippen LogP contribution in [0.15, 0.2) is 53.2 Å². The van der Waals surface area contributed by atoms with E-state index in [0.29, 0.717) is 5.70 Å². The summed E-state index contributed by atoms with van der Waals surface area (Å²) in [5, 5.41) is 7.62. The average Bonchev–Trinajstić information content (AvgIpc) is 2.42. The Morgan fingerprint density at radius 3 is 2.72 bits per heavy atom. The van der Waals surface area contributed by atoms with Gasteiger partial charge < -0.3 is 11.1 Å². The second-order valence-electron chi connectivity index (χ2n) is 4.40. The van der Waals surface area contributed by atoms with E-state index in [2.05, 4.69) is 11.9 Å². The molecule has 2 atom stereocenters. The molecule has 1 aliphatic rings. The maximum absolute atomic E-state index is 7.62. The first-order chi connectivity index (χ1) is 8.74. The number of allylic oxidation sites excluding steroid dienone is 2. The van der Waals surface area contributed by atoms with E-state index in [1.807, 2.05) is 42.6 Å². The Kier molecular flexibility index (Phi) is 3.72. The van der Waals surface area contributed by atoms with Gasteiger partial charge in [-0.05, 0) is 5.56 Å². The molecule has 94 valence electrons. The molecular formula is C15H19N3. The van der Waals surface area contributed by atoms with Crippen LogP contribution in [0.5, 0.6) is 0 Å². The fourth-order valence-electron chi connectivity index (χ4n) is 2.12. The van der Waals surface area contributed by atoms with E-state index in [1.165, 1.54) is 6.21 Å². The number of hydrogen-bond donors (Lipinski definition) is 2. The highest BCUT2D eigenvalue weighted by atomic mass is 14.7. The standard InChI is InChI=1S/C15H17N3.H2/c1-11-10-18-8-7-13(11)14(9-16)15(17)12-5-3-2-4-6-12;/h2-11,13,16H,17H2,1H3;1H/b15-14+,16-9?;. The van der Waals surface area contributed by atoms with Crippen molar-refractivity contribution in [2.24, 2.45) is 22.6 Å². The van der Waals surface area contributed by atoms with Crippen molar-refractivity contribution in [3.05, 3.63) is 53.7 Å². The third-order valence-electron chi connectivity index (χ3n) is 3.18. The molecule has 3 heteroatoms. The molecule has 1 aliphatic heterocycles. The van der Waals surface area contributed by atoms with E-state index in [4.69, 9.17) is 11.1 Å². The fraction of sp³-hybridized carbons (Fsp3) is 0.200.